The number of fused-ring (bicyclic) bond motifs is 1. The van der Waals surface area contributed by atoms with Crippen molar-refractivity contribution in [1.82, 2.24) is 0 Å². The van der Waals surface area contributed by atoms with Gasteiger partial charge in [0.1, 0.15) is 16.9 Å². The minimum absolute atomic E-state index is 0.222. The van der Waals surface area contributed by atoms with Gasteiger partial charge in [-0.25, -0.2) is 9.59 Å². The summed E-state index contributed by atoms with van der Waals surface area (Å²) in [6.45, 7) is 0. The second kappa shape index (κ2) is 6.23. The van der Waals surface area contributed by atoms with Crippen molar-refractivity contribution in [2.75, 3.05) is 19.5 Å². The van der Waals surface area contributed by atoms with Gasteiger partial charge < -0.3 is 29.7 Å². The predicted molar refractivity (Wildman–Crippen MR) is 86.4 cm³/mol. The number of nitrogens with one attached hydrogen (secondary N) is 1. The fraction of sp³-hybridized carbons (Fsp3) is 0.176. The van der Waals surface area contributed by atoms with Gasteiger partial charge in [-0.2, -0.15) is 0 Å². The van der Waals surface area contributed by atoms with Crippen LogP contribution in [0.3, 0.4) is 0 Å². The van der Waals surface area contributed by atoms with Crippen molar-refractivity contribution in [3.63, 3.8) is 0 Å². The topological polar surface area (TPSA) is 114 Å². The number of carboxylic acid groups (broad SMARTS) is 1. The molecule has 1 aliphatic heterocycles. The molecule has 3 N–H and O–H groups in total. The van der Waals surface area contributed by atoms with E-state index in [1.54, 1.807) is 12.1 Å². The number of aromatic carboxylic acids is 1. The minimum Gasteiger partial charge on any atom is -0.507 e. The van der Waals surface area contributed by atoms with Gasteiger partial charge in [-0.1, -0.05) is 0 Å². The zero-order chi connectivity index (χ0) is 18.1. The summed E-state index contributed by atoms with van der Waals surface area (Å²) in [4.78, 5) is 23.1. The Morgan fingerprint density at radius 2 is 1.96 bits per heavy atom. The average molecular weight is 345 g/mol. The SMILES string of the molecule is COc1ccc2c(c1OC)C(=O)O[C@@H]2Nc1ccc(C(=O)O)c(O)c1. The molecule has 0 aromatic heterocycles. The normalized spacial score (nSPS) is 15.3. The molecule has 1 heterocycles. The third-order valence-electron chi connectivity index (χ3n) is 3.82. The molecular formula is C17H15NO7. The number of rotatable bonds is 5. The van der Waals surface area contributed by atoms with Gasteiger partial charge in [-0.3, -0.25) is 0 Å². The van der Waals surface area contributed by atoms with E-state index in [0.29, 0.717) is 17.0 Å². The van der Waals surface area contributed by atoms with Gasteiger partial charge in [0.2, 0.25) is 6.23 Å². The molecule has 0 radical (unpaired) electrons. The molecule has 2 aromatic rings. The van der Waals surface area contributed by atoms with Crippen molar-refractivity contribution in [3.05, 3.63) is 47.0 Å². The Morgan fingerprint density at radius 3 is 2.56 bits per heavy atom. The molecule has 25 heavy (non-hydrogen) atoms. The van der Waals surface area contributed by atoms with E-state index in [-0.39, 0.29) is 16.9 Å². The Bertz CT molecular complexity index is 862. The number of anilines is 1. The molecule has 3 rings (SSSR count). The maximum Gasteiger partial charge on any atom is 0.344 e. The summed E-state index contributed by atoms with van der Waals surface area (Å²) in [6.07, 6.45) is -0.808. The largest absolute Gasteiger partial charge is 0.507 e. The number of cyclic esters (lactones) is 1. The minimum atomic E-state index is -1.24. The molecule has 130 valence electrons. The number of esters is 1. The molecule has 1 atom stereocenters. The quantitative estimate of drug-likeness (QED) is 0.708. The number of carboxylic acids is 1. The van der Waals surface area contributed by atoms with Crippen LogP contribution in [0.5, 0.6) is 17.2 Å². The number of benzene rings is 2. The predicted octanol–water partition coefficient (Wildman–Crippen LogP) is 2.39. The van der Waals surface area contributed by atoms with Crippen molar-refractivity contribution >= 4 is 17.6 Å². The molecule has 0 amide bonds. The number of ether oxygens (including phenoxy) is 3. The van der Waals surface area contributed by atoms with Crippen LogP contribution in [0.15, 0.2) is 30.3 Å². The van der Waals surface area contributed by atoms with E-state index in [9.17, 15) is 14.7 Å². The van der Waals surface area contributed by atoms with Crippen LogP contribution in [-0.4, -0.2) is 36.4 Å². The molecule has 8 nitrogen and oxygen atoms in total. The molecule has 8 heteroatoms. The zero-order valence-corrected chi connectivity index (χ0v) is 13.4. The zero-order valence-electron chi connectivity index (χ0n) is 13.4. The van der Waals surface area contributed by atoms with Gasteiger partial charge >= 0.3 is 11.9 Å². The Balaban J connectivity index is 1.94. The molecule has 0 bridgehead atoms. The van der Waals surface area contributed by atoms with Gasteiger partial charge in [0, 0.05) is 17.3 Å². The van der Waals surface area contributed by atoms with Crippen molar-refractivity contribution in [2.45, 2.75) is 6.23 Å². The molecule has 2 aromatic carbocycles. The third-order valence-corrected chi connectivity index (χ3v) is 3.82. The lowest BCUT2D eigenvalue weighted by Gasteiger charge is -2.15. The lowest BCUT2D eigenvalue weighted by molar-refractivity contribution is 0.0435. The van der Waals surface area contributed by atoms with E-state index in [0.717, 1.165) is 0 Å². The van der Waals surface area contributed by atoms with Crippen LogP contribution in [0.25, 0.3) is 0 Å². The van der Waals surface area contributed by atoms with Crippen LogP contribution in [0.4, 0.5) is 5.69 Å². The smallest absolute Gasteiger partial charge is 0.344 e. The van der Waals surface area contributed by atoms with Crippen molar-refractivity contribution < 1.29 is 34.0 Å². The maximum absolute atomic E-state index is 12.2. The first-order valence-electron chi connectivity index (χ1n) is 7.25. The van der Waals surface area contributed by atoms with E-state index in [2.05, 4.69) is 5.32 Å². The van der Waals surface area contributed by atoms with Gasteiger partial charge in [0.25, 0.3) is 0 Å². The summed E-state index contributed by atoms with van der Waals surface area (Å²) in [5, 5.41) is 21.6. The number of hydrogen-bond donors (Lipinski definition) is 3. The van der Waals surface area contributed by atoms with Crippen molar-refractivity contribution in [2.24, 2.45) is 0 Å². The highest BCUT2D eigenvalue weighted by molar-refractivity contribution is 5.98. The average Bonchev–Trinajstić information content (AvgIpc) is 2.89. The standard InChI is InChI=1S/C17H15NO7/c1-23-12-6-5-10-13(14(12)24-2)17(22)25-15(10)18-8-3-4-9(16(20)21)11(19)7-8/h3-7,15,18-19H,1-2H3,(H,20,21)/t15-/m0/s1. The first kappa shape index (κ1) is 16.4. The highest BCUT2D eigenvalue weighted by Crippen LogP contribution is 2.42. The van der Waals surface area contributed by atoms with E-state index >= 15 is 0 Å². The fourth-order valence-electron chi connectivity index (χ4n) is 2.66. The molecule has 0 saturated carbocycles. The summed E-state index contributed by atoms with van der Waals surface area (Å²) in [6, 6.07) is 7.29. The first-order chi connectivity index (χ1) is 12.0. The van der Waals surface area contributed by atoms with E-state index in [4.69, 9.17) is 19.3 Å². The second-order valence-electron chi connectivity index (χ2n) is 5.23. The fourth-order valence-corrected chi connectivity index (χ4v) is 2.66. The molecule has 1 aliphatic rings. The van der Waals surface area contributed by atoms with Gasteiger partial charge in [0.15, 0.2) is 11.5 Å². The van der Waals surface area contributed by atoms with Crippen molar-refractivity contribution in [1.29, 1.82) is 0 Å². The Kier molecular flexibility index (Phi) is 4.10. The molecule has 0 saturated heterocycles. The number of methoxy groups -OCH3 is 2. The van der Waals surface area contributed by atoms with E-state index in [1.807, 2.05) is 0 Å². The summed E-state index contributed by atoms with van der Waals surface area (Å²) in [5.41, 5.74) is 0.971. The molecule has 0 unspecified atom stereocenters. The van der Waals surface area contributed by atoms with Crippen LogP contribution >= 0.6 is 0 Å². The van der Waals surface area contributed by atoms with Crippen LogP contribution in [0.1, 0.15) is 32.5 Å². The second-order valence-corrected chi connectivity index (χ2v) is 5.23. The van der Waals surface area contributed by atoms with Crippen molar-refractivity contribution in [3.8, 4) is 17.2 Å². The monoisotopic (exact) mass is 345 g/mol. The number of aromatic hydroxyl groups is 1. The third kappa shape index (κ3) is 2.78. The molecular weight excluding hydrogens is 330 g/mol. The first-order valence-corrected chi connectivity index (χ1v) is 7.25. The Morgan fingerprint density at radius 1 is 1.20 bits per heavy atom. The summed E-state index contributed by atoms with van der Waals surface area (Å²) >= 11 is 0. The van der Waals surface area contributed by atoms with Crippen LogP contribution in [0.2, 0.25) is 0 Å². The highest BCUT2D eigenvalue weighted by atomic mass is 16.6. The van der Waals surface area contributed by atoms with Crippen LogP contribution in [0, 0.1) is 0 Å². The molecule has 0 fully saturated rings. The molecule has 0 aliphatic carbocycles. The van der Waals surface area contributed by atoms with E-state index in [1.165, 1.54) is 32.4 Å². The lowest BCUT2D eigenvalue weighted by atomic mass is 10.1. The van der Waals surface area contributed by atoms with Crippen LogP contribution < -0.4 is 14.8 Å². The highest BCUT2D eigenvalue weighted by Gasteiger charge is 2.36. The molecule has 0 spiro atoms. The van der Waals surface area contributed by atoms with Gasteiger partial charge in [-0.05, 0) is 24.3 Å². The number of carbonyl (C=O) groups excluding carboxylic acids is 1. The summed E-state index contributed by atoms with van der Waals surface area (Å²) < 4.78 is 15.7. The summed E-state index contributed by atoms with van der Waals surface area (Å²) in [7, 11) is 2.89. The Labute approximate surface area is 142 Å². The number of carbonyl (C=O) groups is 2. The lowest BCUT2D eigenvalue weighted by Crippen LogP contribution is -2.10. The van der Waals surface area contributed by atoms with E-state index < -0.39 is 23.9 Å². The maximum atomic E-state index is 12.2. The number of hydrogen-bond acceptors (Lipinski definition) is 7. The number of phenols is 1. The summed E-state index contributed by atoms with van der Waals surface area (Å²) in [5.74, 6) is -1.52. The Hall–Kier alpha value is -3.42. The van der Waals surface area contributed by atoms with Crippen LogP contribution in [-0.2, 0) is 4.74 Å². The van der Waals surface area contributed by atoms with Gasteiger partial charge in [0.05, 0.1) is 14.2 Å². The van der Waals surface area contributed by atoms with Gasteiger partial charge in [-0.15, -0.1) is 0 Å².